The monoisotopic (exact) mass is 128 g/mol. The molecule has 3 nitrogen and oxygen atoms in total. The lowest BCUT2D eigenvalue weighted by atomic mass is 9.51. The summed E-state index contributed by atoms with van der Waals surface area (Å²) >= 11 is 0. The van der Waals surface area contributed by atoms with E-state index < -0.39 is 0 Å². The van der Waals surface area contributed by atoms with Gasteiger partial charge >= 0.3 is 1.43 Å². The Bertz CT molecular complexity index is 63.5. The van der Waals surface area contributed by atoms with Crippen molar-refractivity contribution in [2.45, 2.75) is 0 Å². The molecule has 0 aliphatic heterocycles. The third-order valence-corrected chi connectivity index (χ3v) is 1.06. The summed E-state index contributed by atoms with van der Waals surface area (Å²) < 4.78 is 0. The average Bonchev–Trinajstić information content (AvgIpc) is 1.64. The Hall–Kier alpha value is 0.00987. The molecule has 0 unspecified atom stereocenters. The number of nitrogens with zero attached hydrogens (tertiary/aromatic N) is 2. The van der Waals surface area contributed by atoms with Gasteiger partial charge in [0.25, 0.3) is 0 Å². The highest BCUT2D eigenvalue weighted by Crippen LogP contribution is 1.82. The van der Waals surface area contributed by atoms with Crippen LogP contribution in [0.4, 0.5) is 0 Å². The van der Waals surface area contributed by atoms with Gasteiger partial charge < -0.3 is 15.8 Å². The van der Waals surface area contributed by atoms with E-state index in [2.05, 4.69) is 0 Å². The van der Waals surface area contributed by atoms with E-state index in [4.69, 9.17) is 7.74 Å². The Morgan fingerprint density at radius 2 is 1.33 bits per heavy atom. The standard InChI is InChI=1S/C4H12B2N2.H3N/c1-7(2)6(5)8(3)4;/h1-4H3;1H3/p+1. The molecule has 0 aromatic carbocycles. The molecule has 3 N–H and O–H groups in total. The topological polar surface area (TPSA) is 41.5 Å². The summed E-state index contributed by atoms with van der Waals surface area (Å²) in [5.74, 6) is 0. The van der Waals surface area contributed by atoms with Crippen LogP contribution in [0.2, 0.25) is 0 Å². The Labute approximate surface area is 61.0 Å². The van der Waals surface area contributed by atoms with Gasteiger partial charge in [-0.3, -0.25) is 0 Å². The molecule has 5 heteroatoms. The molecule has 0 amide bonds. The fourth-order valence-corrected chi connectivity index (χ4v) is 0.462. The van der Waals surface area contributed by atoms with E-state index in [1.807, 2.05) is 37.8 Å². The van der Waals surface area contributed by atoms with Gasteiger partial charge in [-0.1, -0.05) is 0 Å². The first-order valence-electron chi connectivity index (χ1n) is 2.64. The van der Waals surface area contributed by atoms with Crippen molar-refractivity contribution in [3.05, 3.63) is 0 Å². The molecule has 0 saturated heterocycles. The van der Waals surface area contributed by atoms with Crippen LogP contribution in [0, 0.1) is 0 Å². The van der Waals surface area contributed by atoms with Crippen LogP contribution >= 0.6 is 0 Å². The van der Waals surface area contributed by atoms with Crippen molar-refractivity contribution in [1.29, 1.82) is 0 Å². The van der Waals surface area contributed by atoms with Crippen molar-refractivity contribution in [2.75, 3.05) is 28.2 Å². The summed E-state index contributed by atoms with van der Waals surface area (Å²) in [6, 6.07) is 0. The zero-order valence-electron chi connectivity index (χ0n) is 7.76. The lowest BCUT2D eigenvalue weighted by Gasteiger charge is -2.23. The number of rotatable bonds is 2. The minimum Gasteiger partial charge on any atom is -0.344 e. The lowest BCUT2D eigenvalue weighted by molar-refractivity contribution is 0.539. The molecule has 0 aromatic heterocycles. The Kier molecular flexibility index (Phi) is 6.34. The molecule has 9 heavy (non-hydrogen) atoms. The highest BCUT2D eigenvalue weighted by atomic mass is 15.1. The molecule has 0 bridgehead atoms. The van der Waals surface area contributed by atoms with E-state index in [0.29, 0.717) is 0 Å². The highest BCUT2D eigenvalue weighted by molar-refractivity contribution is 6.99. The average molecular weight is 128 g/mol. The Morgan fingerprint density at radius 3 is 1.33 bits per heavy atom. The second-order valence-electron chi connectivity index (χ2n) is 2.34. The summed E-state index contributed by atoms with van der Waals surface area (Å²) in [6.07, 6.45) is 0. The maximum Gasteiger partial charge on any atom is 1.00 e. The van der Waals surface area contributed by atoms with Crippen LogP contribution in [0.15, 0.2) is 0 Å². The summed E-state index contributed by atoms with van der Waals surface area (Å²) in [4.78, 5) is 3.89. The molecule has 0 spiro atoms. The van der Waals surface area contributed by atoms with E-state index in [-0.39, 0.29) is 14.5 Å². The minimum absolute atomic E-state index is 0. The van der Waals surface area contributed by atoms with Crippen molar-refractivity contribution in [2.24, 2.45) is 0 Å². The predicted octanol–water partition coefficient (Wildman–Crippen LogP) is -0.463. The van der Waals surface area contributed by atoms with E-state index in [1.165, 1.54) is 0 Å². The van der Waals surface area contributed by atoms with Gasteiger partial charge in [-0.25, -0.2) is 0 Å². The zero-order chi connectivity index (χ0) is 6.73. The van der Waals surface area contributed by atoms with Gasteiger partial charge in [0, 0.05) is 0 Å². The van der Waals surface area contributed by atoms with Crippen LogP contribution in [0.3, 0.4) is 0 Å². The molecule has 0 aromatic rings. The predicted molar refractivity (Wildman–Crippen MR) is 45.0 cm³/mol. The van der Waals surface area contributed by atoms with Gasteiger partial charge in [0.1, 0.15) is 0 Å². The molecule has 0 aliphatic carbocycles. The second-order valence-corrected chi connectivity index (χ2v) is 2.34. The van der Waals surface area contributed by atoms with Crippen molar-refractivity contribution in [3.63, 3.8) is 0 Å². The van der Waals surface area contributed by atoms with E-state index in [0.717, 1.165) is 0 Å². The Morgan fingerprint density at radius 1 is 1.11 bits per heavy atom. The maximum atomic E-state index is 5.61. The maximum absolute atomic E-state index is 5.61. The molecule has 0 saturated carbocycles. The van der Waals surface area contributed by atoms with Crippen LogP contribution in [0.25, 0.3) is 0 Å². The summed E-state index contributed by atoms with van der Waals surface area (Å²) in [6.45, 7) is 0.0370. The third-order valence-electron chi connectivity index (χ3n) is 1.06. The van der Waals surface area contributed by atoms with Crippen LogP contribution < -0.4 is 6.15 Å². The van der Waals surface area contributed by atoms with Gasteiger partial charge in [-0.15, -0.1) is 0 Å². The fourth-order valence-electron chi connectivity index (χ4n) is 0.462. The first-order valence-corrected chi connectivity index (χ1v) is 2.64. The van der Waals surface area contributed by atoms with Crippen LogP contribution in [0.1, 0.15) is 1.43 Å². The first kappa shape index (κ1) is 11.8. The van der Waals surface area contributed by atoms with Crippen LogP contribution in [-0.2, 0) is 0 Å². The molecule has 0 fully saturated rings. The van der Waals surface area contributed by atoms with Gasteiger partial charge in [0.05, 0.1) is 7.74 Å². The van der Waals surface area contributed by atoms with Crippen molar-refractivity contribution < 1.29 is 1.43 Å². The van der Waals surface area contributed by atoms with Gasteiger partial charge in [-0.2, -0.15) is 0 Å². The normalized spacial score (nSPS) is 9.56. The molecule has 2 radical (unpaired) electrons. The largest absolute Gasteiger partial charge is 1.00 e. The van der Waals surface area contributed by atoms with Gasteiger partial charge in [0.15, 0.2) is 0 Å². The second kappa shape index (κ2) is 4.85. The first-order chi connectivity index (χ1) is 3.55. The Balaban J connectivity index is -0.000000245. The van der Waals surface area contributed by atoms with E-state index in [1.54, 1.807) is 0 Å². The summed E-state index contributed by atoms with van der Waals surface area (Å²) in [5.41, 5.74) is 0. The minimum atomic E-state index is 0. The van der Waals surface area contributed by atoms with Crippen molar-refractivity contribution in [3.8, 4) is 0 Å². The molecular formula is C4H16B2N3+. The summed E-state index contributed by atoms with van der Waals surface area (Å²) in [5, 5.41) is 0. The SMILES string of the molecule is N.[B]B(N(C)C)N(C)C.[H+]. The van der Waals surface area contributed by atoms with Gasteiger partial charge in [-0.05, 0) is 28.2 Å². The summed E-state index contributed by atoms with van der Waals surface area (Å²) in [7, 11) is 13.4. The molecule has 0 aliphatic rings. The quantitative estimate of drug-likeness (QED) is 0.511. The van der Waals surface area contributed by atoms with Crippen LogP contribution in [0.5, 0.6) is 0 Å². The number of hydrogen-bond donors (Lipinski definition) is 1. The molecule has 0 heterocycles. The number of hydrogen-bond acceptors (Lipinski definition) is 3. The molecule has 0 rings (SSSR count). The van der Waals surface area contributed by atoms with Gasteiger partial charge in [0.2, 0.25) is 6.87 Å². The smallest absolute Gasteiger partial charge is 0.344 e. The van der Waals surface area contributed by atoms with Crippen LogP contribution in [-0.4, -0.2) is 52.4 Å². The van der Waals surface area contributed by atoms with E-state index >= 15 is 0 Å². The molecule has 52 valence electrons. The highest BCUT2D eigenvalue weighted by Gasteiger charge is 2.09. The van der Waals surface area contributed by atoms with E-state index in [9.17, 15) is 0 Å². The zero-order valence-corrected chi connectivity index (χ0v) is 6.76. The van der Waals surface area contributed by atoms with Crippen molar-refractivity contribution in [1.82, 2.24) is 15.8 Å². The lowest BCUT2D eigenvalue weighted by Crippen LogP contribution is -2.46. The molecular weight excluding hydrogens is 112 g/mol. The van der Waals surface area contributed by atoms with Crippen molar-refractivity contribution >= 4 is 14.6 Å². The fraction of sp³-hybridized carbons (Fsp3) is 1.00. The molecule has 0 atom stereocenters. The third kappa shape index (κ3) is 4.51.